The molecule has 7 heteroatoms. The summed E-state index contributed by atoms with van der Waals surface area (Å²) in [6, 6.07) is 3.12. The average molecular weight is 345 g/mol. The van der Waals surface area contributed by atoms with Crippen LogP contribution in [0.5, 0.6) is 5.75 Å². The monoisotopic (exact) mass is 344 g/mol. The molecule has 1 aromatic carbocycles. The molecule has 0 N–H and O–H groups in total. The number of carbonyl (C=O) groups excluding carboxylic acids is 2. The highest BCUT2D eigenvalue weighted by atomic mass is 35.5. The van der Waals surface area contributed by atoms with Crippen molar-refractivity contribution in [1.82, 2.24) is 9.80 Å². The second kappa shape index (κ2) is 7.20. The minimum atomic E-state index is -0.142. The minimum absolute atomic E-state index is 0.0323. The summed E-state index contributed by atoms with van der Waals surface area (Å²) in [5.41, 5.74) is 0.423. The number of benzene rings is 1. The van der Waals surface area contributed by atoms with E-state index in [1.54, 1.807) is 28.9 Å². The third-order valence-corrected chi connectivity index (χ3v) is 4.24. The Morgan fingerprint density at radius 1 is 1.05 bits per heavy atom. The zero-order chi connectivity index (χ0) is 16.3. The number of amides is 2. The van der Waals surface area contributed by atoms with Crippen molar-refractivity contribution in [3.05, 3.63) is 27.7 Å². The molecule has 1 aliphatic heterocycles. The summed E-state index contributed by atoms with van der Waals surface area (Å²) in [5.74, 6) is 0.250. The first-order chi connectivity index (χ1) is 10.4. The van der Waals surface area contributed by atoms with E-state index in [4.69, 9.17) is 27.9 Å². The summed E-state index contributed by atoms with van der Waals surface area (Å²) >= 11 is 12.2. The topological polar surface area (TPSA) is 49.9 Å². The average Bonchev–Trinajstić information content (AvgIpc) is 2.72. The lowest BCUT2D eigenvalue weighted by Crippen LogP contribution is -2.36. The van der Waals surface area contributed by atoms with E-state index in [1.165, 1.54) is 7.11 Å². The van der Waals surface area contributed by atoms with Gasteiger partial charge < -0.3 is 14.5 Å². The zero-order valence-corrected chi connectivity index (χ0v) is 14.1. The van der Waals surface area contributed by atoms with Gasteiger partial charge in [0.1, 0.15) is 0 Å². The van der Waals surface area contributed by atoms with E-state index in [1.807, 2.05) is 0 Å². The molecule has 0 saturated carbocycles. The standard InChI is InChI=1S/C15H18Cl2N2O3/c1-10(20)18-4-3-5-19(7-6-18)15(21)11-8-12(16)14(22-2)13(17)9-11/h8-9H,3-7H2,1-2H3. The van der Waals surface area contributed by atoms with Gasteiger partial charge in [-0.2, -0.15) is 0 Å². The number of ether oxygens (including phenoxy) is 1. The Kier molecular flexibility index (Phi) is 5.53. The van der Waals surface area contributed by atoms with E-state index in [9.17, 15) is 9.59 Å². The first-order valence-corrected chi connectivity index (χ1v) is 7.77. The van der Waals surface area contributed by atoms with Gasteiger partial charge in [0.15, 0.2) is 5.75 Å². The number of rotatable bonds is 2. The minimum Gasteiger partial charge on any atom is -0.494 e. The van der Waals surface area contributed by atoms with Gasteiger partial charge in [-0.3, -0.25) is 9.59 Å². The van der Waals surface area contributed by atoms with Crippen molar-refractivity contribution in [2.75, 3.05) is 33.3 Å². The highest BCUT2D eigenvalue weighted by molar-refractivity contribution is 6.37. The van der Waals surface area contributed by atoms with E-state index in [0.717, 1.165) is 6.42 Å². The van der Waals surface area contributed by atoms with E-state index in [0.29, 0.717) is 47.5 Å². The summed E-state index contributed by atoms with van der Waals surface area (Å²) in [4.78, 5) is 27.5. The Morgan fingerprint density at radius 2 is 1.59 bits per heavy atom. The fourth-order valence-electron chi connectivity index (χ4n) is 2.50. The summed E-state index contributed by atoms with van der Waals surface area (Å²) in [6.45, 7) is 3.85. The van der Waals surface area contributed by atoms with Crippen molar-refractivity contribution < 1.29 is 14.3 Å². The Bertz CT molecular complexity index is 569. The quantitative estimate of drug-likeness (QED) is 0.828. The molecule has 1 aromatic rings. The van der Waals surface area contributed by atoms with Crippen molar-refractivity contribution in [1.29, 1.82) is 0 Å². The van der Waals surface area contributed by atoms with Crippen LogP contribution in [0.15, 0.2) is 12.1 Å². The lowest BCUT2D eigenvalue weighted by atomic mass is 10.2. The van der Waals surface area contributed by atoms with E-state index in [2.05, 4.69) is 0 Å². The molecule has 0 aliphatic carbocycles. The van der Waals surface area contributed by atoms with Gasteiger partial charge in [-0.05, 0) is 18.6 Å². The molecule has 0 radical (unpaired) electrons. The molecular formula is C15H18Cl2N2O3. The molecule has 0 atom stereocenters. The molecule has 1 heterocycles. The molecule has 0 spiro atoms. The summed E-state index contributed by atoms with van der Waals surface area (Å²) in [5, 5.41) is 0.608. The number of nitrogens with zero attached hydrogens (tertiary/aromatic N) is 2. The van der Waals surface area contributed by atoms with Crippen LogP contribution in [0.3, 0.4) is 0 Å². The highest BCUT2D eigenvalue weighted by Crippen LogP contribution is 2.34. The Hall–Kier alpha value is -1.46. The first kappa shape index (κ1) is 16.9. The van der Waals surface area contributed by atoms with Gasteiger partial charge in [-0.1, -0.05) is 23.2 Å². The molecule has 0 unspecified atom stereocenters. The van der Waals surface area contributed by atoms with Crippen LogP contribution >= 0.6 is 23.2 Å². The van der Waals surface area contributed by atoms with Crippen molar-refractivity contribution >= 4 is 35.0 Å². The third-order valence-electron chi connectivity index (χ3n) is 3.68. The van der Waals surface area contributed by atoms with Gasteiger partial charge in [0, 0.05) is 38.7 Å². The van der Waals surface area contributed by atoms with E-state index in [-0.39, 0.29) is 11.8 Å². The Balaban J connectivity index is 2.16. The lowest BCUT2D eigenvalue weighted by Gasteiger charge is -2.22. The normalized spacial score (nSPS) is 15.5. The van der Waals surface area contributed by atoms with Crippen LogP contribution in [-0.4, -0.2) is 54.9 Å². The van der Waals surface area contributed by atoms with Gasteiger partial charge in [0.2, 0.25) is 5.91 Å². The Labute approximate surface area is 139 Å². The van der Waals surface area contributed by atoms with Crippen molar-refractivity contribution in [2.45, 2.75) is 13.3 Å². The van der Waals surface area contributed by atoms with Crippen LogP contribution in [0.2, 0.25) is 10.0 Å². The number of methoxy groups -OCH3 is 1. The molecule has 1 fully saturated rings. The first-order valence-electron chi connectivity index (χ1n) is 7.02. The molecule has 22 heavy (non-hydrogen) atoms. The second-order valence-electron chi connectivity index (χ2n) is 5.12. The largest absolute Gasteiger partial charge is 0.494 e. The highest BCUT2D eigenvalue weighted by Gasteiger charge is 2.22. The number of hydrogen-bond donors (Lipinski definition) is 0. The third kappa shape index (κ3) is 3.65. The predicted molar refractivity (Wildman–Crippen MR) is 85.8 cm³/mol. The van der Waals surface area contributed by atoms with Crippen LogP contribution in [0.1, 0.15) is 23.7 Å². The molecule has 2 rings (SSSR count). The van der Waals surface area contributed by atoms with Crippen LogP contribution in [0.4, 0.5) is 0 Å². The number of hydrogen-bond acceptors (Lipinski definition) is 3. The Morgan fingerprint density at radius 3 is 2.14 bits per heavy atom. The summed E-state index contributed by atoms with van der Waals surface area (Å²) in [6.07, 6.45) is 0.753. The fourth-order valence-corrected chi connectivity index (χ4v) is 3.14. The molecular weight excluding hydrogens is 327 g/mol. The SMILES string of the molecule is COc1c(Cl)cc(C(=O)N2CCCN(C(C)=O)CC2)cc1Cl. The smallest absolute Gasteiger partial charge is 0.254 e. The van der Waals surface area contributed by atoms with Gasteiger partial charge in [0.25, 0.3) is 5.91 Å². The van der Waals surface area contributed by atoms with Crippen LogP contribution in [0.25, 0.3) is 0 Å². The van der Waals surface area contributed by atoms with E-state index >= 15 is 0 Å². The number of carbonyl (C=O) groups is 2. The predicted octanol–water partition coefficient (Wildman–Crippen LogP) is 2.70. The number of halogens is 2. The van der Waals surface area contributed by atoms with Crippen LogP contribution in [0, 0.1) is 0 Å². The van der Waals surface area contributed by atoms with Gasteiger partial charge in [-0.25, -0.2) is 0 Å². The van der Waals surface area contributed by atoms with Gasteiger partial charge in [-0.15, -0.1) is 0 Å². The van der Waals surface area contributed by atoms with Gasteiger partial charge >= 0.3 is 0 Å². The zero-order valence-electron chi connectivity index (χ0n) is 12.6. The lowest BCUT2D eigenvalue weighted by molar-refractivity contribution is -0.128. The van der Waals surface area contributed by atoms with Crippen LogP contribution < -0.4 is 4.74 Å². The molecule has 5 nitrogen and oxygen atoms in total. The summed E-state index contributed by atoms with van der Waals surface area (Å²) < 4.78 is 5.08. The van der Waals surface area contributed by atoms with Crippen molar-refractivity contribution in [3.8, 4) is 5.75 Å². The van der Waals surface area contributed by atoms with Crippen LogP contribution in [-0.2, 0) is 4.79 Å². The maximum Gasteiger partial charge on any atom is 0.254 e. The molecule has 1 aliphatic rings. The van der Waals surface area contributed by atoms with E-state index < -0.39 is 0 Å². The summed E-state index contributed by atoms with van der Waals surface area (Å²) in [7, 11) is 1.47. The maximum atomic E-state index is 12.6. The molecule has 0 bridgehead atoms. The van der Waals surface area contributed by atoms with Crippen molar-refractivity contribution in [2.24, 2.45) is 0 Å². The molecule has 2 amide bonds. The molecule has 120 valence electrons. The van der Waals surface area contributed by atoms with Crippen molar-refractivity contribution in [3.63, 3.8) is 0 Å². The fraction of sp³-hybridized carbons (Fsp3) is 0.467. The maximum absolute atomic E-state index is 12.6. The van der Waals surface area contributed by atoms with Gasteiger partial charge in [0.05, 0.1) is 17.2 Å². The second-order valence-corrected chi connectivity index (χ2v) is 5.94. The molecule has 0 aromatic heterocycles. The molecule has 1 saturated heterocycles.